The van der Waals surface area contributed by atoms with E-state index >= 15 is 0 Å². The molecule has 0 aliphatic rings. The Kier molecular flexibility index (Phi) is 7.18. The lowest BCUT2D eigenvalue weighted by atomic mass is 10.2. The fourth-order valence-electron chi connectivity index (χ4n) is 1.51. The van der Waals surface area contributed by atoms with Crippen LogP contribution in [-0.2, 0) is 11.3 Å². The smallest absolute Gasteiger partial charge is 0.321 e. The summed E-state index contributed by atoms with van der Waals surface area (Å²) >= 11 is 5.03. The standard InChI is InChI=1S/C13H20BrN3O2S/c1-9(2)6-15-13(19)16-12(18)8-17(3)7-10-4-5-11(14)20-10/h4-5,9H,6-8H2,1-3H3,(H2,15,16,18,19). The van der Waals surface area contributed by atoms with E-state index in [1.807, 2.05) is 37.9 Å². The molecule has 112 valence electrons. The third-order valence-electron chi connectivity index (χ3n) is 2.39. The topological polar surface area (TPSA) is 61.4 Å². The Morgan fingerprint density at radius 2 is 2.10 bits per heavy atom. The predicted molar refractivity (Wildman–Crippen MR) is 84.7 cm³/mol. The van der Waals surface area contributed by atoms with Crippen molar-refractivity contribution in [3.05, 3.63) is 20.8 Å². The summed E-state index contributed by atoms with van der Waals surface area (Å²) in [6, 6.07) is 3.56. The van der Waals surface area contributed by atoms with Crippen molar-refractivity contribution in [2.24, 2.45) is 5.92 Å². The van der Waals surface area contributed by atoms with Gasteiger partial charge in [0.15, 0.2) is 0 Å². The molecule has 0 bridgehead atoms. The summed E-state index contributed by atoms with van der Waals surface area (Å²) in [5.74, 6) is 0.0557. The van der Waals surface area contributed by atoms with Crippen molar-refractivity contribution in [1.82, 2.24) is 15.5 Å². The number of hydrogen-bond donors (Lipinski definition) is 2. The Labute approximate surface area is 131 Å². The molecule has 0 aliphatic carbocycles. The van der Waals surface area contributed by atoms with Crippen LogP contribution in [0.25, 0.3) is 0 Å². The lowest BCUT2D eigenvalue weighted by Crippen LogP contribution is -2.44. The van der Waals surface area contributed by atoms with Gasteiger partial charge in [-0.25, -0.2) is 4.79 Å². The number of likely N-dealkylation sites (N-methyl/N-ethyl adjacent to an activating group) is 1. The first-order valence-corrected chi connectivity index (χ1v) is 7.98. The molecule has 7 heteroatoms. The highest BCUT2D eigenvalue weighted by atomic mass is 79.9. The number of carbonyl (C=O) groups is 2. The van der Waals surface area contributed by atoms with E-state index in [2.05, 4.69) is 26.6 Å². The zero-order valence-corrected chi connectivity index (χ0v) is 14.3. The molecule has 0 atom stereocenters. The second-order valence-electron chi connectivity index (χ2n) is 5.03. The molecule has 0 unspecified atom stereocenters. The molecule has 0 radical (unpaired) electrons. The Hall–Kier alpha value is -0.920. The number of urea groups is 1. The minimum absolute atomic E-state index is 0.185. The Morgan fingerprint density at radius 1 is 1.40 bits per heavy atom. The maximum atomic E-state index is 11.7. The first kappa shape index (κ1) is 17.1. The summed E-state index contributed by atoms with van der Waals surface area (Å²) in [5.41, 5.74) is 0. The van der Waals surface area contributed by atoms with Gasteiger partial charge in [0.25, 0.3) is 0 Å². The molecule has 0 aliphatic heterocycles. The first-order chi connectivity index (χ1) is 9.36. The van der Waals surface area contributed by atoms with E-state index in [-0.39, 0.29) is 12.5 Å². The number of thiophene rings is 1. The van der Waals surface area contributed by atoms with Gasteiger partial charge in [0.05, 0.1) is 10.3 Å². The van der Waals surface area contributed by atoms with Crippen LogP contribution in [0.4, 0.5) is 4.79 Å². The minimum Gasteiger partial charge on any atom is -0.338 e. The molecule has 0 aromatic carbocycles. The van der Waals surface area contributed by atoms with Gasteiger partial charge in [0.1, 0.15) is 0 Å². The molecule has 0 fully saturated rings. The average Bonchev–Trinajstić information content (AvgIpc) is 2.71. The molecular formula is C13H20BrN3O2S. The lowest BCUT2D eigenvalue weighted by molar-refractivity contribution is -0.120. The molecule has 5 nitrogen and oxygen atoms in total. The van der Waals surface area contributed by atoms with Crippen molar-refractivity contribution >= 4 is 39.2 Å². The maximum absolute atomic E-state index is 11.7. The highest BCUT2D eigenvalue weighted by Crippen LogP contribution is 2.22. The van der Waals surface area contributed by atoms with E-state index < -0.39 is 6.03 Å². The number of nitrogens with one attached hydrogen (secondary N) is 2. The normalized spacial score (nSPS) is 10.9. The van der Waals surface area contributed by atoms with E-state index in [1.54, 1.807) is 11.3 Å². The number of carbonyl (C=O) groups excluding carboxylic acids is 2. The zero-order chi connectivity index (χ0) is 15.1. The molecule has 1 aromatic heterocycles. The Bertz CT molecular complexity index is 462. The summed E-state index contributed by atoms with van der Waals surface area (Å²) in [7, 11) is 1.85. The van der Waals surface area contributed by atoms with E-state index in [9.17, 15) is 9.59 Å². The van der Waals surface area contributed by atoms with Crippen molar-refractivity contribution in [3.63, 3.8) is 0 Å². The molecule has 0 saturated carbocycles. The molecule has 1 aromatic rings. The number of halogens is 1. The van der Waals surface area contributed by atoms with Gasteiger partial charge in [-0.2, -0.15) is 0 Å². The highest BCUT2D eigenvalue weighted by molar-refractivity contribution is 9.11. The average molecular weight is 362 g/mol. The van der Waals surface area contributed by atoms with Crippen molar-refractivity contribution in [2.75, 3.05) is 20.1 Å². The van der Waals surface area contributed by atoms with Gasteiger partial charge in [-0.1, -0.05) is 13.8 Å². The molecule has 1 heterocycles. The summed E-state index contributed by atoms with van der Waals surface area (Å²) < 4.78 is 1.07. The molecule has 3 amide bonds. The fraction of sp³-hybridized carbons (Fsp3) is 0.538. The van der Waals surface area contributed by atoms with Gasteiger partial charge in [-0.05, 0) is 41.0 Å². The minimum atomic E-state index is -0.434. The largest absolute Gasteiger partial charge is 0.338 e. The van der Waals surface area contributed by atoms with Crippen molar-refractivity contribution in [3.8, 4) is 0 Å². The van der Waals surface area contributed by atoms with Gasteiger partial charge >= 0.3 is 6.03 Å². The van der Waals surface area contributed by atoms with Crippen molar-refractivity contribution < 1.29 is 9.59 Å². The maximum Gasteiger partial charge on any atom is 0.321 e. The van der Waals surface area contributed by atoms with Crippen LogP contribution in [0.5, 0.6) is 0 Å². The van der Waals surface area contributed by atoms with Gasteiger partial charge < -0.3 is 5.32 Å². The number of imide groups is 1. The molecule has 0 spiro atoms. The number of amides is 3. The Balaban J connectivity index is 2.29. The van der Waals surface area contributed by atoms with E-state index in [0.29, 0.717) is 19.0 Å². The summed E-state index contributed by atoms with van der Waals surface area (Å²) in [5, 5.41) is 4.97. The van der Waals surface area contributed by atoms with Crippen LogP contribution in [0.15, 0.2) is 15.9 Å². The molecule has 20 heavy (non-hydrogen) atoms. The SMILES string of the molecule is CC(C)CNC(=O)NC(=O)CN(C)Cc1ccc(Br)s1. The summed E-state index contributed by atoms with van der Waals surface area (Å²) in [4.78, 5) is 26.1. The second kappa shape index (κ2) is 8.39. The van der Waals surface area contributed by atoms with Gasteiger partial charge in [0.2, 0.25) is 5.91 Å². The third kappa shape index (κ3) is 7.02. The molecular weight excluding hydrogens is 342 g/mol. The van der Waals surface area contributed by atoms with E-state index in [1.165, 1.54) is 0 Å². The number of nitrogens with zero attached hydrogens (tertiary/aromatic N) is 1. The van der Waals surface area contributed by atoms with Gasteiger partial charge in [0, 0.05) is 18.0 Å². The molecule has 2 N–H and O–H groups in total. The van der Waals surface area contributed by atoms with Crippen LogP contribution in [0.3, 0.4) is 0 Å². The van der Waals surface area contributed by atoms with Crippen LogP contribution in [0.2, 0.25) is 0 Å². The monoisotopic (exact) mass is 361 g/mol. The molecule has 1 rings (SSSR count). The van der Waals surface area contributed by atoms with Gasteiger partial charge in [-0.3, -0.25) is 15.0 Å². The van der Waals surface area contributed by atoms with E-state index in [0.717, 1.165) is 8.66 Å². The lowest BCUT2D eigenvalue weighted by Gasteiger charge is -2.15. The Morgan fingerprint density at radius 3 is 2.65 bits per heavy atom. The van der Waals surface area contributed by atoms with E-state index in [4.69, 9.17) is 0 Å². The molecule has 0 saturated heterocycles. The second-order valence-corrected chi connectivity index (χ2v) is 7.58. The van der Waals surface area contributed by atoms with Crippen LogP contribution in [0, 0.1) is 5.92 Å². The third-order valence-corrected chi connectivity index (χ3v) is 4.00. The fourth-order valence-corrected chi connectivity index (χ4v) is 3.07. The quantitative estimate of drug-likeness (QED) is 0.817. The van der Waals surface area contributed by atoms with Gasteiger partial charge in [-0.15, -0.1) is 11.3 Å². The van der Waals surface area contributed by atoms with Crippen LogP contribution in [-0.4, -0.2) is 37.0 Å². The highest BCUT2D eigenvalue weighted by Gasteiger charge is 2.11. The summed E-state index contributed by atoms with van der Waals surface area (Å²) in [6.07, 6.45) is 0. The number of hydrogen-bond acceptors (Lipinski definition) is 4. The number of rotatable bonds is 6. The van der Waals surface area contributed by atoms with Crippen molar-refractivity contribution in [1.29, 1.82) is 0 Å². The van der Waals surface area contributed by atoms with Crippen LogP contribution < -0.4 is 10.6 Å². The summed E-state index contributed by atoms with van der Waals surface area (Å²) in [6.45, 7) is 5.41. The first-order valence-electron chi connectivity index (χ1n) is 6.37. The van der Waals surface area contributed by atoms with Crippen LogP contribution in [0.1, 0.15) is 18.7 Å². The predicted octanol–water partition coefficient (Wildman–Crippen LogP) is 2.42. The zero-order valence-electron chi connectivity index (χ0n) is 11.9. The van der Waals surface area contributed by atoms with Crippen molar-refractivity contribution in [2.45, 2.75) is 20.4 Å². The van der Waals surface area contributed by atoms with Crippen LogP contribution >= 0.6 is 27.3 Å².